The molecule has 0 aliphatic heterocycles. The van der Waals surface area contributed by atoms with Crippen molar-refractivity contribution in [3.63, 3.8) is 0 Å². The molecule has 0 unspecified atom stereocenters. The van der Waals surface area contributed by atoms with Crippen LogP contribution in [0.4, 0.5) is 0 Å². The predicted octanol–water partition coefficient (Wildman–Crippen LogP) is 7.70. The molecule has 0 aromatic carbocycles. The maximum Gasteiger partial charge on any atom is 0.119 e. The zero-order valence-corrected chi connectivity index (χ0v) is 17.4. The third kappa shape index (κ3) is 9.46. The predicted molar refractivity (Wildman–Crippen MR) is 105 cm³/mol. The summed E-state index contributed by atoms with van der Waals surface area (Å²) in [5, 5.41) is 2.17. The second-order valence-electron chi connectivity index (χ2n) is 5.92. The van der Waals surface area contributed by atoms with Gasteiger partial charge in [-0.1, -0.05) is 57.8 Å². The first-order valence-corrected chi connectivity index (χ1v) is 11.1. The van der Waals surface area contributed by atoms with Crippen molar-refractivity contribution in [2.24, 2.45) is 0 Å². The first kappa shape index (κ1) is 20.4. The van der Waals surface area contributed by atoms with Crippen molar-refractivity contribution in [2.75, 3.05) is 0 Å². The molecule has 0 bridgehead atoms. The third-order valence-corrected chi connectivity index (χ3v) is 7.66. The number of hydrogen-bond donors (Lipinski definition) is 0. The molecule has 0 amide bonds. The second kappa shape index (κ2) is 13.7. The van der Waals surface area contributed by atoms with Crippen LogP contribution in [-0.2, 0) is 11.2 Å². The van der Waals surface area contributed by atoms with Crippen molar-refractivity contribution in [3.05, 3.63) is 19.2 Å². The minimum absolute atomic E-state index is 0.749. The van der Waals surface area contributed by atoms with E-state index in [-0.39, 0.29) is 0 Å². The average Bonchev–Trinajstić information content (AvgIpc) is 2.84. The molecule has 0 saturated carbocycles. The van der Waals surface area contributed by atoms with Gasteiger partial charge in [-0.05, 0) is 51.1 Å². The fourth-order valence-electron chi connectivity index (χ4n) is 2.63. The Morgan fingerprint density at radius 3 is 1.77 bits per heavy atom. The summed E-state index contributed by atoms with van der Waals surface area (Å²) < 4.78 is 2.45. The van der Waals surface area contributed by atoms with Crippen LogP contribution in [-0.4, -0.2) is 6.29 Å². The molecule has 1 aromatic heterocycles. The lowest BCUT2D eigenvalue weighted by Gasteiger charge is -2.03. The number of carbonyl (C=O) groups is 1. The smallest absolute Gasteiger partial charge is 0.119 e. The Morgan fingerprint density at radius 2 is 1.32 bits per heavy atom. The Bertz CT molecular complexity index is 404. The summed E-state index contributed by atoms with van der Waals surface area (Å²) in [7, 11) is 0. The van der Waals surface area contributed by atoms with Gasteiger partial charge in [-0.15, -0.1) is 11.3 Å². The van der Waals surface area contributed by atoms with E-state index in [0.717, 1.165) is 19.1 Å². The average molecular weight is 452 g/mol. The molecule has 0 saturated heterocycles. The van der Waals surface area contributed by atoms with Crippen molar-refractivity contribution < 1.29 is 4.79 Å². The first-order chi connectivity index (χ1) is 10.8. The second-order valence-corrected chi connectivity index (χ2v) is 8.53. The lowest BCUT2D eigenvalue weighted by Crippen LogP contribution is -1.85. The van der Waals surface area contributed by atoms with Crippen LogP contribution in [0.2, 0.25) is 0 Å². The van der Waals surface area contributed by atoms with E-state index in [1.54, 1.807) is 0 Å². The van der Waals surface area contributed by atoms with Gasteiger partial charge in [0.2, 0.25) is 0 Å². The monoisotopic (exact) mass is 450 g/mol. The normalized spacial score (nSPS) is 11.0. The highest BCUT2D eigenvalue weighted by Gasteiger charge is 2.06. The van der Waals surface area contributed by atoms with Crippen molar-refractivity contribution in [1.82, 2.24) is 0 Å². The summed E-state index contributed by atoms with van der Waals surface area (Å²) in [5.41, 5.74) is 0. The summed E-state index contributed by atoms with van der Waals surface area (Å²) in [5.74, 6) is 0. The van der Waals surface area contributed by atoms with Gasteiger partial charge in [0.05, 0.1) is 0 Å². The molecule has 1 heterocycles. The minimum atomic E-state index is 0.749. The highest BCUT2D eigenvalue weighted by molar-refractivity contribution is 9.13. The van der Waals surface area contributed by atoms with Gasteiger partial charge in [-0.3, -0.25) is 0 Å². The first-order valence-electron chi connectivity index (χ1n) is 8.60. The van der Waals surface area contributed by atoms with Crippen LogP contribution in [0.1, 0.15) is 81.9 Å². The number of carbonyl (C=O) groups excluding carboxylic acids is 1. The molecule has 0 radical (unpaired) electrons. The van der Waals surface area contributed by atoms with Crippen LogP contribution >= 0.6 is 43.2 Å². The zero-order valence-electron chi connectivity index (χ0n) is 13.4. The molecule has 1 nitrogen and oxygen atoms in total. The van der Waals surface area contributed by atoms with E-state index in [1.807, 2.05) is 11.3 Å². The fraction of sp³-hybridized carbons (Fsp3) is 0.722. The van der Waals surface area contributed by atoms with Crippen LogP contribution in [0.15, 0.2) is 14.3 Å². The summed E-state index contributed by atoms with van der Waals surface area (Å²) in [6.07, 6.45) is 17.5. The molecule has 0 aliphatic carbocycles. The van der Waals surface area contributed by atoms with Gasteiger partial charge >= 0.3 is 0 Å². The standard InChI is InChI=1S/C18H28Br2OS/c19-16-15-22-17(18(16)20)13-11-9-7-5-3-1-2-4-6-8-10-12-14-21/h14-15H,1-13H2. The molecule has 0 aliphatic rings. The number of rotatable bonds is 14. The van der Waals surface area contributed by atoms with E-state index in [1.165, 1.54) is 84.5 Å². The Kier molecular flexibility index (Phi) is 12.7. The van der Waals surface area contributed by atoms with Gasteiger partial charge in [0, 0.05) is 25.6 Å². The zero-order chi connectivity index (χ0) is 16.0. The molecular formula is C18H28Br2OS. The van der Waals surface area contributed by atoms with Gasteiger partial charge in [0.25, 0.3) is 0 Å². The molecular weight excluding hydrogens is 424 g/mol. The lowest BCUT2D eigenvalue weighted by atomic mass is 10.0. The maximum atomic E-state index is 10.2. The lowest BCUT2D eigenvalue weighted by molar-refractivity contribution is -0.107. The van der Waals surface area contributed by atoms with E-state index < -0.39 is 0 Å². The number of halogens is 2. The van der Waals surface area contributed by atoms with Crippen LogP contribution in [0.25, 0.3) is 0 Å². The van der Waals surface area contributed by atoms with E-state index in [0.29, 0.717) is 0 Å². The van der Waals surface area contributed by atoms with Gasteiger partial charge in [-0.25, -0.2) is 0 Å². The maximum absolute atomic E-state index is 10.2. The highest BCUT2D eigenvalue weighted by Crippen LogP contribution is 2.33. The van der Waals surface area contributed by atoms with E-state index in [9.17, 15) is 4.79 Å². The molecule has 126 valence electrons. The topological polar surface area (TPSA) is 17.1 Å². The third-order valence-electron chi connectivity index (χ3n) is 3.98. The molecule has 0 N–H and O–H groups in total. The van der Waals surface area contributed by atoms with Gasteiger partial charge in [0.1, 0.15) is 6.29 Å². The summed E-state index contributed by atoms with van der Waals surface area (Å²) in [6, 6.07) is 0. The summed E-state index contributed by atoms with van der Waals surface area (Å²) in [6.45, 7) is 0. The SMILES string of the molecule is O=CCCCCCCCCCCCCCc1scc(Br)c1Br. The minimum Gasteiger partial charge on any atom is -0.303 e. The highest BCUT2D eigenvalue weighted by atomic mass is 79.9. The van der Waals surface area contributed by atoms with E-state index in [2.05, 4.69) is 37.2 Å². The molecule has 1 rings (SSSR count). The largest absolute Gasteiger partial charge is 0.303 e. The Morgan fingerprint density at radius 1 is 0.818 bits per heavy atom. The number of unbranched alkanes of at least 4 members (excludes halogenated alkanes) is 11. The number of aldehydes is 1. The summed E-state index contributed by atoms with van der Waals surface area (Å²) >= 11 is 9.03. The van der Waals surface area contributed by atoms with Crippen LogP contribution < -0.4 is 0 Å². The summed E-state index contributed by atoms with van der Waals surface area (Å²) in [4.78, 5) is 11.7. The quantitative estimate of drug-likeness (QED) is 0.209. The number of thiophene rings is 1. The Labute approximate surface area is 156 Å². The van der Waals surface area contributed by atoms with Crippen LogP contribution in [0.3, 0.4) is 0 Å². The molecule has 0 fully saturated rings. The van der Waals surface area contributed by atoms with Crippen molar-refractivity contribution in [1.29, 1.82) is 0 Å². The Hall–Kier alpha value is 0.330. The van der Waals surface area contributed by atoms with Crippen molar-refractivity contribution >= 4 is 49.5 Å². The fourth-order valence-corrected chi connectivity index (χ4v) is 4.87. The number of hydrogen-bond acceptors (Lipinski definition) is 2. The van der Waals surface area contributed by atoms with Crippen LogP contribution in [0.5, 0.6) is 0 Å². The van der Waals surface area contributed by atoms with Crippen molar-refractivity contribution in [3.8, 4) is 0 Å². The number of aryl methyl sites for hydroxylation is 1. The molecule has 4 heteroatoms. The Balaban J connectivity index is 1.82. The van der Waals surface area contributed by atoms with Gasteiger partial charge in [-0.2, -0.15) is 0 Å². The van der Waals surface area contributed by atoms with Crippen LogP contribution in [0, 0.1) is 0 Å². The van der Waals surface area contributed by atoms with E-state index >= 15 is 0 Å². The van der Waals surface area contributed by atoms with Gasteiger partial charge < -0.3 is 4.79 Å². The van der Waals surface area contributed by atoms with Gasteiger partial charge in [0.15, 0.2) is 0 Å². The molecule has 0 atom stereocenters. The molecule has 0 spiro atoms. The molecule has 22 heavy (non-hydrogen) atoms. The molecule has 1 aromatic rings. The van der Waals surface area contributed by atoms with E-state index in [4.69, 9.17) is 0 Å². The van der Waals surface area contributed by atoms with Crippen molar-refractivity contribution in [2.45, 2.75) is 83.5 Å².